The van der Waals surface area contributed by atoms with Gasteiger partial charge in [0.15, 0.2) is 0 Å². The number of nitrogens with zero attached hydrogens (tertiary/aromatic N) is 3. The molecule has 5 rings (SSSR count). The van der Waals surface area contributed by atoms with Gasteiger partial charge in [0.05, 0.1) is 30.7 Å². The molecule has 0 bridgehead atoms. The van der Waals surface area contributed by atoms with Crippen LogP contribution in [-0.4, -0.2) is 37.4 Å². The summed E-state index contributed by atoms with van der Waals surface area (Å²) < 4.78 is 5.81. The van der Waals surface area contributed by atoms with Crippen molar-refractivity contribution >= 4 is 46.2 Å². The number of hydrazone groups is 1. The van der Waals surface area contributed by atoms with Crippen molar-refractivity contribution in [2.75, 3.05) is 29.7 Å². The van der Waals surface area contributed by atoms with Crippen molar-refractivity contribution in [2.45, 2.75) is 19.4 Å². The minimum Gasteiger partial charge on any atom is -0.377 e. The number of carbonyl (C=O) groups excluding carboxylic acids is 1. The van der Waals surface area contributed by atoms with Crippen LogP contribution in [0.1, 0.15) is 12.5 Å². The van der Waals surface area contributed by atoms with Gasteiger partial charge in [-0.2, -0.15) is 10.1 Å². The number of amides is 1. The van der Waals surface area contributed by atoms with E-state index in [0.29, 0.717) is 29.7 Å². The van der Waals surface area contributed by atoms with Crippen LogP contribution >= 0.6 is 23.2 Å². The fraction of sp³-hybridized carbons (Fsp3) is 0.333. The third-order valence-corrected chi connectivity index (χ3v) is 6.55. The number of hydrogen-bond donors (Lipinski definition) is 0. The normalized spacial score (nSPS) is 26.3. The molecule has 0 aromatic heterocycles. The van der Waals surface area contributed by atoms with E-state index < -0.39 is 5.41 Å². The molecule has 5 nitrogen and oxygen atoms in total. The number of anilines is 2. The van der Waals surface area contributed by atoms with Gasteiger partial charge < -0.3 is 9.64 Å². The van der Waals surface area contributed by atoms with Gasteiger partial charge in [0.1, 0.15) is 5.41 Å². The van der Waals surface area contributed by atoms with E-state index in [1.165, 1.54) is 5.01 Å². The number of hydrogen-bond acceptors (Lipinski definition) is 4. The van der Waals surface area contributed by atoms with E-state index in [1.807, 2.05) is 37.3 Å². The van der Waals surface area contributed by atoms with Gasteiger partial charge in [0.25, 0.3) is 5.91 Å². The lowest BCUT2D eigenvalue weighted by molar-refractivity contribution is -0.126. The fourth-order valence-electron chi connectivity index (χ4n) is 4.65. The highest BCUT2D eigenvalue weighted by atomic mass is 35.5. The third-order valence-electron chi connectivity index (χ3n) is 6.06. The van der Waals surface area contributed by atoms with Crippen LogP contribution in [0.2, 0.25) is 10.0 Å². The minimum absolute atomic E-state index is 0.0200. The molecular formula is C21H19Cl2N3O2. The maximum atomic E-state index is 13.8. The van der Waals surface area contributed by atoms with Crippen molar-refractivity contribution < 1.29 is 9.53 Å². The number of carbonyl (C=O) groups is 1. The molecular weight excluding hydrogens is 397 g/mol. The lowest BCUT2D eigenvalue weighted by atomic mass is 9.68. The van der Waals surface area contributed by atoms with E-state index in [9.17, 15) is 4.79 Å². The van der Waals surface area contributed by atoms with E-state index >= 15 is 0 Å². The highest BCUT2D eigenvalue weighted by molar-refractivity contribution is 6.31. The van der Waals surface area contributed by atoms with Gasteiger partial charge in [0.2, 0.25) is 0 Å². The molecule has 2 aromatic carbocycles. The standard InChI is InChI=1S/C21H19Cl2N3O2/c1-13-21(20(27)26(24-13)17-6-4-15(22)5-7-17)11-14-2-3-16(23)10-18(14)25-8-9-28-12-19(21)25/h2-7,10,19H,8-9,11-12H2,1H3/t19-,21-/m0/s1. The summed E-state index contributed by atoms with van der Waals surface area (Å²) >= 11 is 12.3. The number of fused-ring (bicyclic) bond motifs is 4. The average Bonchev–Trinajstić information content (AvgIpc) is 2.95. The highest BCUT2D eigenvalue weighted by Crippen LogP contribution is 2.48. The molecule has 0 saturated carbocycles. The Balaban J connectivity index is 1.62. The van der Waals surface area contributed by atoms with Crippen molar-refractivity contribution in [3.8, 4) is 0 Å². The third kappa shape index (κ3) is 2.50. The summed E-state index contributed by atoms with van der Waals surface area (Å²) in [5.41, 5.74) is 2.99. The SMILES string of the molecule is CC1=NN(c2ccc(Cl)cc2)C(=O)[C@@]12Cc1ccc(Cl)cc1N1CCOC[C@H]12. The predicted molar refractivity (Wildman–Crippen MR) is 112 cm³/mol. The Morgan fingerprint density at radius 3 is 2.68 bits per heavy atom. The summed E-state index contributed by atoms with van der Waals surface area (Å²) in [6.07, 6.45) is 0.586. The van der Waals surface area contributed by atoms with E-state index in [0.717, 1.165) is 29.2 Å². The van der Waals surface area contributed by atoms with Gasteiger partial charge in [-0.3, -0.25) is 4.79 Å². The van der Waals surface area contributed by atoms with Crippen LogP contribution in [-0.2, 0) is 16.0 Å². The van der Waals surface area contributed by atoms with E-state index in [2.05, 4.69) is 10.0 Å². The van der Waals surface area contributed by atoms with Gasteiger partial charge in [-0.1, -0.05) is 29.3 Å². The van der Waals surface area contributed by atoms with Crippen molar-refractivity contribution in [3.63, 3.8) is 0 Å². The molecule has 1 spiro atoms. The first-order valence-electron chi connectivity index (χ1n) is 9.29. The Hall–Kier alpha value is -2.08. The molecule has 1 fully saturated rings. The largest absolute Gasteiger partial charge is 0.377 e. The molecule has 0 unspecified atom stereocenters. The second-order valence-corrected chi connectivity index (χ2v) is 8.36. The molecule has 2 atom stereocenters. The van der Waals surface area contributed by atoms with Crippen LogP contribution in [0.15, 0.2) is 47.6 Å². The van der Waals surface area contributed by atoms with Crippen LogP contribution in [0, 0.1) is 5.41 Å². The quantitative estimate of drug-likeness (QED) is 0.701. The second-order valence-electron chi connectivity index (χ2n) is 7.48. The van der Waals surface area contributed by atoms with E-state index in [1.54, 1.807) is 12.1 Å². The van der Waals surface area contributed by atoms with Crippen LogP contribution in [0.25, 0.3) is 0 Å². The Morgan fingerprint density at radius 2 is 1.89 bits per heavy atom. The summed E-state index contributed by atoms with van der Waals surface area (Å²) in [6, 6.07) is 13.0. The van der Waals surface area contributed by atoms with Crippen molar-refractivity contribution in [2.24, 2.45) is 10.5 Å². The summed E-state index contributed by atoms with van der Waals surface area (Å²) in [7, 11) is 0. The zero-order valence-corrected chi connectivity index (χ0v) is 16.9. The van der Waals surface area contributed by atoms with Crippen LogP contribution in [0.5, 0.6) is 0 Å². The van der Waals surface area contributed by atoms with E-state index in [4.69, 9.17) is 27.9 Å². The first-order chi connectivity index (χ1) is 13.5. The highest BCUT2D eigenvalue weighted by Gasteiger charge is 2.59. The molecule has 7 heteroatoms. The van der Waals surface area contributed by atoms with Crippen molar-refractivity contribution in [1.82, 2.24) is 0 Å². The predicted octanol–water partition coefficient (Wildman–Crippen LogP) is 4.16. The molecule has 0 aliphatic carbocycles. The van der Waals surface area contributed by atoms with Gasteiger partial charge >= 0.3 is 0 Å². The molecule has 1 saturated heterocycles. The van der Waals surface area contributed by atoms with Crippen molar-refractivity contribution in [3.05, 3.63) is 58.1 Å². The Labute approximate surface area is 173 Å². The molecule has 28 heavy (non-hydrogen) atoms. The second kappa shape index (κ2) is 6.48. The topological polar surface area (TPSA) is 45.1 Å². The van der Waals surface area contributed by atoms with Crippen LogP contribution in [0.4, 0.5) is 11.4 Å². The van der Waals surface area contributed by atoms with E-state index in [-0.39, 0.29) is 11.9 Å². The summed E-state index contributed by atoms with van der Waals surface area (Å²) in [5.74, 6) is -0.0200. The van der Waals surface area contributed by atoms with Gasteiger partial charge in [-0.05, 0) is 55.3 Å². The zero-order chi connectivity index (χ0) is 19.5. The molecule has 144 valence electrons. The van der Waals surface area contributed by atoms with Crippen LogP contribution in [0.3, 0.4) is 0 Å². The molecule has 3 heterocycles. The number of benzene rings is 2. The Morgan fingerprint density at radius 1 is 1.14 bits per heavy atom. The number of rotatable bonds is 1. The lowest BCUT2D eigenvalue weighted by Gasteiger charge is -2.50. The monoisotopic (exact) mass is 415 g/mol. The van der Waals surface area contributed by atoms with Crippen molar-refractivity contribution in [1.29, 1.82) is 0 Å². The Kier molecular flexibility index (Phi) is 4.16. The van der Waals surface area contributed by atoms with Gasteiger partial charge in [-0.15, -0.1) is 0 Å². The average molecular weight is 416 g/mol. The number of morpholine rings is 1. The molecule has 1 amide bonds. The van der Waals surface area contributed by atoms with Crippen LogP contribution < -0.4 is 9.91 Å². The molecule has 0 radical (unpaired) electrons. The summed E-state index contributed by atoms with van der Waals surface area (Å²) in [5, 5.41) is 7.52. The van der Waals surface area contributed by atoms with Gasteiger partial charge in [0, 0.05) is 22.3 Å². The minimum atomic E-state index is -0.749. The number of halogens is 2. The maximum absolute atomic E-state index is 13.8. The zero-order valence-electron chi connectivity index (χ0n) is 15.4. The molecule has 3 aliphatic rings. The summed E-state index contributed by atoms with van der Waals surface area (Å²) in [4.78, 5) is 16.1. The lowest BCUT2D eigenvalue weighted by Crippen LogP contribution is -2.64. The molecule has 3 aliphatic heterocycles. The number of ether oxygens (including phenoxy) is 1. The first-order valence-corrected chi connectivity index (χ1v) is 10.0. The molecule has 0 N–H and O–H groups in total. The Bertz CT molecular complexity index is 992. The summed E-state index contributed by atoms with van der Waals surface area (Å²) in [6.45, 7) is 3.78. The van der Waals surface area contributed by atoms with Gasteiger partial charge in [-0.25, -0.2) is 0 Å². The maximum Gasteiger partial charge on any atom is 0.261 e. The fourth-order valence-corrected chi connectivity index (χ4v) is 4.94. The molecule has 2 aromatic rings. The smallest absolute Gasteiger partial charge is 0.261 e. The first kappa shape index (κ1) is 18.0.